The lowest BCUT2D eigenvalue weighted by atomic mass is 10.3. The van der Waals surface area contributed by atoms with Crippen molar-refractivity contribution in [3.63, 3.8) is 0 Å². The van der Waals surface area contributed by atoms with E-state index >= 15 is 0 Å². The monoisotopic (exact) mass is 199 g/mol. The van der Waals surface area contributed by atoms with E-state index in [1.165, 1.54) is 5.69 Å². The highest BCUT2D eigenvalue weighted by Gasteiger charge is 2.02. The molecule has 74 valence electrons. The average molecular weight is 199 g/mol. The van der Waals surface area contributed by atoms with Crippen molar-refractivity contribution < 1.29 is 0 Å². The van der Waals surface area contributed by atoms with Crippen LogP contribution in [-0.4, -0.2) is 32.2 Å². The number of nitrogens with one attached hydrogen (secondary N) is 1. The van der Waals surface area contributed by atoms with E-state index < -0.39 is 0 Å². The SMILES string of the molecule is CCNCCc1csc(N(C)C)n1. The highest BCUT2D eigenvalue weighted by Crippen LogP contribution is 2.17. The zero-order valence-corrected chi connectivity index (χ0v) is 9.32. The Labute approximate surface area is 83.8 Å². The summed E-state index contributed by atoms with van der Waals surface area (Å²) in [5, 5.41) is 6.51. The van der Waals surface area contributed by atoms with Crippen LogP contribution in [0.5, 0.6) is 0 Å². The second-order valence-corrected chi connectivity index (χ2v) is 3.96. The number of thiazole rings is 1. The first kappa shape index (κ1) is 10.5. The molecule has 1 rings (SSSR count). The van der Waals surface area contributed by atoms with Crippen LogP contribution in [0.2, 0.25) is 0 Å². The van der Waals surface area contributed by atoms with E-state index in [2.05, 4.69) is 22.6 Å². The van der Waals surface area contributed by atoms with Gasteiger partial charge in [-0.3, -0.25) is 0 Å². The second-order valence-electron chi connectivity index (χ2n) is 3.12. The minimum atomic E-state index is 1.02. The van der Waals surface area contributed by atoms with E-state index in [4.69, 9.17) is 0 Å². The van der Waals surface area contributed by atoms with Crippen molar-refractivity contribution in [2.45, 2.75) is 13.3 Å². The second kappa shape index (κ2) is 5.19. The van der Waals surface area contributed by atoms with Crippen molar-refractivity contribution >= 4 is 16.5 Å². The van der Waals surface area contributed by atoms with Gasteiger partial charge in [0.15, 0.2) is 5.13 Å². The number of aromatic nitrogens is 1. The molecule has 0 radical (unpaired) electrons. The Kier molecular flexibility index (Phi) is 4.18. The topological polar surface area (TPSA) is 28.2 Å². The van der Waals surface area contributed by atoms with Gasteiger partial charge in [-0.15, -0.1) is 11.3 Å². The molecule has 1 aromatic rings. The Morgan fingerprint density at radius 2 is 2.31 bits per heavy atom. The highest BCUT2D eigenvalue weighted by molar-refractivity contribution is 7.13. The lowest BCUT2D eigenvalue weighted by Gasteiger charge is -2.05. The van der Waals surface area contributed by atoms with Gasteiger partial charge in [0, 0.05) is 32.4 Å². The molecule has 1 aromatic heterocycles. The third kappa shape index (κ3) is 3.32. The predicted molar refractivity (Wildman–Crippen MR) is 58.7 cm³/mol. The third-order valence-corrected chi connectivity index (χ3v) is 2.79. The molecule has 0 aromatic carbocycles. The van der Waals surface area contributed by atoms with Crippen molar-refractivity contribution in [3.05, 3.63) is 11.1 Å². The molecule has 0 aliphatic carbocycles. The number of nitrogens with zero attached hydrogens (tertiary/aromatic N) is 2. The van der Waals surface area contributed by atoms with E-state index in [-0.39, 0.29) is 0 Å². The van der Waals surface area contributed by atoms with Crippen LogP contribution >= 0.6 is 11.3 Å². The third-order valence-electron chi connectivity index (χ3n) is 1.73. The maximum absolute atomic E-state index is 4.49. The van der Waals surface area contributed by atoms with E-state index in [1.807, 2.05) is 19.0 Å². The lowest BCUT2D eigenvalue weighted by molar-refractivity contribution is 0.710. The van der Waals surface area contributed by atoms with Gasteiger partial charge >= 0.3 is 0 Å². The summed E-state index contributed by atoms with van der Waals surface area (Å²) < 4.78 is 0. The molecule has 1 heterocycles. The minimum Gasteiger partial charge on any atom is -0.354 e. The van der Waals surface area contributed by atoms with Crippen molar-refractivity contribution in [3.8, 4) is 0 Å². The summed E-state index contributed by atoms with van der Waals surface area (Å²) in [6.45, 7) is 4.17. The summed E-state index contributed by atoms with van der Waals surface area (Å²) in [5.41, 5.74) is 1.19. The van der Waals surface area contributed by atoms with Gasteiger partial charge in [-0.2, -0.15) is 0 Å². The highest BCUT2D eigenvalue weighted by atomic mass is 32.1. The average Bonchev–Trinajstić information content (AvgIpc) is 2.53. The Bertz CT molecular complexity index is 245. The minimum absolute atomic E-state index is 1.02. The molecule has 0 fully saturated rings. The largest absolute Gasteiger partial charge is 0.354 e. The number of likely N-dealkylation sites (N-methyl/N-ethyl adjacent to an activating group) is 1. The number of rotatable bonds is 5. The Balaban J connectivity index is 2.40. The van der Waals surface area contributed by atoms with Crippen molar-refractivity contribution in [2.75, 3.05) is 32.1 Å². The van der Waals surface area contributed by atoms with E-state index in [0.29, 0.717) is 0 Å². The zero-order valence-electron chi connectivity index (χ0n) is 8.50. The molecule has 0 saturated carbocycles. The number of hydrogen-bond donors (Lipinski definition) is 1. The van der Waals surface area contributed by atoms with E-state index in [1.54, 1.807) is 11.3 Å². The van der Waals surface area contributed by atoms with Crippen LogP contribution in [0.1, 0.15) is 12.6 Å². The molecule has 13 heavy (non-hydrogen) atoms. The summed E-state index contributed by atoms with van der Waals surface area (Å²) >= 11 is 1.70. The van der Waals surface area contributed by atoms with Crippen LogP contribution in [0, 0.1) is 0 Å². The van der Waals surface area contributed by atoms with Crippen molar-refractivity contribution in [1.82, 2.24) is 10.3 Å². The van der Waals surface area contributed by atoms with E-state index in [0.717, 1.165) is 24.6 Å². The van der Waals surface area contributed by atoms with Gasteiger partial charge in [-0.05, 0) is 6.54 Å². The predicted octanol–water partition coefficient (Wildman–Crippen LogP) is 1.36. The van der Waals surface area contributed by atoms with Crippen LogP contribution in [-0.2, 0) is 6.42 Å². The summed E-state index contributed by atoms with van der Waals surface area (Å²) in [5.74, 6) is 0. The van der Waals surface area contributed by atoms with Crippen LogP contribution < -0.4 is 10.2 Å². The normalized spacial score (nSPS) is 10.4. The summed E-state index contributed by atoms with van der Waals surface area (Å²) in [4.78, 5) is 6.53. The molecule has 0 spiro atoms. The molecule has 0 bridgehead atoms. The summed E-state index contributed by atoms with van der Waals surface area (Å²) in [6.07, 6.45) is 1.03. The molecule has 3 nitrogen and oxygen atoms in total. The van der Waals surface area contributed by atoms with Crippen molar-refractivity contribution in [2.24, 2.45) is 0 Å². The molecule has 0 atom stereocenters. The van der Waals surface area contributed by atoms with Crippen molar-refractivity contribution in [1.29, 1.82) is 0 Å². The van der Waals surface area contributed by atoms with Crippen LogP contribution in [0.4, 0.5) is 5.13 Å². The van der Waals surface area contributed by atoms with Gasteiger partial charge < -0.3 is 10.2 Å². The molecule has 0 unspecified atom stereocenters. The van der Waals surface area contributed by atoms with Gasteiger partial charge in [-0.25, -0.2) is 4.98 Å². The smallest absolute Gasteiger partial charge is 0.184 e. The summed E-state index contributed by atoms with van der Waals surface area (Å²) in [6, 6.07) is 0. The first-order valence-corrected chi connectivity index (χ1v) is 5.44. The maximum atomic E-state index is 4.49. The molecular weight excluding hydrogens is 182 g/mol. The molecule has 4 heteroatoms. The first-order valence-electron chi connectivity index (χ1n) is 4.56. The van der Waals surface area contributed by atoms with Gasteiger partial charge in [-0.1, -0.05) is 6.92 Å². The quantitative estimate of drug-likeness (QED) is 0.726. The molecule has 0 aliphatic rings. The van der Waals surface area contributed by atoms with Crippen LogP contribution in [0.15, 0.2) is 5.38 Å². The first-order chi connectivity index (χ1) is 6.24. The fraction of sp³-hybridized carbons (Fsp3) is 0.667. The number of anilines is 1. The molecule has 0 saturated heterocycles. The Morgan fingerprint density at radius 3 is 2.85 bits per heavy atom. The van der Waals surface area contributed by atoms with Gasteiger partial charge in [0.2, 0.25) is 0 Å². The fourth-order valence-corrected chi connectivity index (χ4v) is 1.80. The molecule has 0 aliphatic heterocycles. The lowest BCUT2D eigenvalue weighted by Crippen LogP contribution is -2.16. The van der Waals surface area contributed by atoms with E-state index in [9.17, 15) is 0 Å². The Hall–Kier alpha value is -0.610. The maximum Gasteiger partial charge on any atom is 0.184 e. The van der Waals surface area contributed by atoms with Gasteiger partial charge in [0.25, 0.3) is 0 Å². The summed E-state index contributed by atoms with van der Waals surface area (Å²) in [7, 11) is 4.04. The van der Waals surface area contributed by atoms with Gasteiger partial charge in [0.1, 0.15) is 0 Å². The number of hydrogen-bond acceptors (Lipinski definition) is 4. The standard InChI is InChI=1S/C9H17N3S/c1-4-10-6-5-8-7-13-9(11-8)12(2)3/h7,10H,4-6H2,1-3H3. The van der Waals surface area contributed by atoms with Crippen LogP contribution in [0.3, 0.4) is 0 Å². The molecule has 1 N–H and O–H groups in total. The fourth-order valence-electron chi connectivity index (χ4n) is 1.01. The van der Waals surface area contributed by atoms with Gasteiger partial charge in [0.05, 0.1) is 5.69 Å². The Morgan fingerprint density at radius 1 is 1.54 bits per heavy atom. The zero-order chi connectivity index (χ0) is 9.68. The van der Waals surface area contributed by atoms with Crippen LogP contribution in [0.25, 0.3) is 0 Å². The molecule has 0 amide bonds. The molecular formula is C9H17N3S.